The average molecular weight is 405 g/mol. The summed E-state index contributed by atoms with van der Waals surface area (Å²) in [5.41, 5.74) is 4.55. The first-order valence-corrected chi connectivity index (χ1v) is 10.4. The minimum absolute atomic E-state index is 0.00637. The number of hydrogen-bond donors (Lipinski definition) is 1. The van der Waals surface area contributed by atoms with E-state index < -0.39 is 0 Å². The van der Waals surface area contributed by atoms with Gasteiger partial charge in [0.2, 0.25) is 5.91 Å². The molecule has 6 nitrogen and oxygen atoms in total. The summed E-state index contributed by atoms with van der Waals surface area (Å²) in [4.78, 5) is 26.9. The Labute approximate surface area is 176 Å². The van der Waals surface area contributed by atoms with Crippen molar-refractivity contribution < 1.29 is 14.0 Å². The second kappa shape index (κ2) is 8.61. The van der Waals surface area contributed by atoms with Crippen molar-refractivity contribution >= 4 is 11.8 Å². The quantitative estimate of drug-likeness (QED) is 0.701. The van der Waals surface area contributed by atoms with E-state index in [0.29, 0.717) is 25.4 Å². The van der Waals surface area contributed by atoms with Crippen LogP contribution in [-0.2, 0) is 11.3 Å². The number of carbonyl (C=O) groups excluding carboxylic acids is 2. The Morgan fingerprint density at radius 2 is 1.80 bits per heavy atom. The van der Waals surface area contributed by atoms with Crippen LogP contribution in [0.15, 0.2) is 59.2 Å². The smallest absolute Gasteiger partial charge is 0.289 e. The monoisotopic (exact) mass is 405 g/mol. The summed E-state index contributed by atoms with van der Waals surface area (Å²) in [6.07, 6.45) is 3.10. The molecule has 2 aromatic heterocycles. The standard InChI is InChI=1S/C24H27N3O3/c1-17-7-8-18(2)27(17)21-11-9-19(10-12-21)15-25-23(28)20-5-3-13-26(16-20)24(29)22-6-4-14-30-22/h4,6-12,14,20H,3,5,13,15-16H2,1-2H3,(H,25,28). The van der Waals surface area contributed by atoms with Crippen molar-refractivity contribution in [2.45, 2.75) is 33.2 Å². The normalized spacial score (nSPS) is 16.5. The fourth-order valence-electron chi connectivity index (χ4n) is 4.10. The maximum absolute atomic E-state index is 12.7. The molecule has 0 aliphatic carbocycles. The van der Waals surface area contributed by atoms with E-state index in [1.165, 1.54) is 17.7 Å². The van der Waals surface area contributed by atoms with Crippen molar-refractivity contribution in [1.82, 2.24) is 14.8 Å². The molecule has 0 saturated carbocycles. The highest BCUT2D eigenvalue weighted by Gasteiger charge is 2.29. The van der Waals surface area contributed by atoms with Crippen molar-refractivity contribution in [3.8, 4) is 5.69 Å². The third-order valence-corrected chi connectivity index (χ3v) is 5.74. The maximum Gasteiger partial charge on any atom is 0.289 e. The Kier molecular flexibility index (Phi) is 5.74. The highest BCUT2D eigenvalue weighted by molar-refractivity contribution is 5.92. The third kappa shape index (κ3) is 4.17. The molecule has 1 aliphatic rings. The second-order valence-corrected chi connectivity index (χ2v) is 7.90. The number of nitrogens with one attached hydrogen (secondary N) is 1. The number of piperidine rings is 1. The second-order valence-electron chi connectivity index (χ2n) is 7.90. The summed E-state index contributed by atoms with van der Waals surface area (Å²) < 4.78 is 7.41. The van der Waals surface area contributed by atoms with E-state index in [4.69, 9.17) is 4.42 Å². The first-order chi connectivity index (χ1) is 14.5. The topological polar surface area (TPSA) is 67.5 Å². The molecule has 1 aromatic carbocycles. The lowest BCUT2D eigenvalue weighted by atomic mass is 9.96. The molecule has 156 valence electrons. The molecule has 6 heteroatoms. The van der Waals surface area contributed by atoms with Crippen LogP contribution in [0.5, 0.6) is 0 Å². The zero-order valence-corrected chi connectivity index (χ0v) is 17.4. The number of nitrogens with zero attached hydrogens (tertiary/aromatic N) is 2. The minimum atomic E-state index is -0.192. The average Bonchev–Trinajstić information content (AvgIpc) is 3.42. The Hall–Kier alpha value is -3.28. The van der Waals surface area contributed by atoms with Crippen molar-refractivity contribution in [2.24, 2.45) is 5.92 Å². The number of amides is 2. The predicted molar refractivity (Wildman–Crippen MR) is 114 cm³/mol. The fourth-order valence-corrected chi connectivity index (χ4v) is 4.10. The maximum atomic E-state index is 12.7. The number of aryl methyl sites for hydroxylation is 2. The molecule has 1 fully saturated rings. The molecule has 1 atom stereocenters. The highest BCUT2D eigenvalue weighted by atomic mass is 16.3. The van der Waals surface area contributed by atoms with Gasteiger partial charge in [0.15, 0.2) is 5.76 Å². The Morgan fingerprint density at radius 1 is 1.07 bits per heavy atom. The molecule has 0 radical (unpaired) electrons. The number of carbonyl (C=O) groups is 2. The number of benzene rings is 1. The van der Waals surface area contributed by atoms with Crippen molar-refractivity contribution in [1.29, 1.82) is 0 Å². The number of likely N-dealkylation sites (tertiary alicyclic amines) is 1. The van der Waals surface area contributed by atoms with Crippen LogP contribution >= 0.6 is 0 Å². The van der Waals surface area contributed by atoms with Crippen LogP contribution in [0.4, 0.5) is 0 Å². The summed E-state index contributed by atoms with van der Waals surface area (Å²) >= 11 is 0. The van der Waals surface area contributed by atoms with Gasteiger partial charge in [-0.1, -0.05) is 12.1 Å². The largest absolute Gasteiger partial charge is 0.459 e. The van der Waals surface area contributed by atoms with Crippen LogP contribution < -0.4 is 5.32 Å². The van der Waals surface area contributed by atoms with Crippen LogP contribution in [0.1, 0.15) is 40.3 Å². The van der Waals surface area contributed by atoms with Gasteiger partial charge in [0.1, 0.15) is 0 Å². The summed E-state index contributed by atoms with van der Waals surface area (Å²) in [6, 6.07) is 15.8. The Bertz CT molecular complexity index is 999. The van der Waals surface area contributed by atoms with Gasteiger partial charge in [-0.15, -0.1) is 0 Å². The number of hydrogen-bond acceptors (Lipinski definition) is 3. The van der Waals surface area contributed by atoms with Crippen LogP contribution in [0.25, 0.3) is 5.69 Å². The lowest BCUT2D eigenvalue weighted by Crippen LogP contribution is -2.45. The van der Waals surface area contributed by atoms with E-state index in [1.807, 2.05) is 12.1 Å². The summed E-state index contributed by atoms with van der Waals surface area (Å²) in [7, 11) is 0. The predicted octanol–water partition coefficient (Wildman–Crippen LogP) is 3.86. The van der Waals surface area contributed by atoms with Gasteiger partial charge in [-0.25, -0.2) is 0 Å². The molecular formula is C24H27N3O3. The van der Waals surface area contributed by atoms with Crippen LogP contribution in [0.3, 0.4) is 0 Å². The van der Waals surface area contributed by atoms with Gasteiger partial charge in [0.05, 0.1) is 12.2 Å². The summed E-state index contributed by atoms with van der Waals surface area (Å²) in [5.74, 6) is -0.0248. The van der Waals surface area contributed by atoms with E-state index in [2.05, 4.69) is 48.0 Å². The first-order valence-electron chi connectivity index (χ1n) is 10.4. The van der Waals surface area contributed by atoms with Crippen molar-refractivity contribution in [3.05, 3.63) is 77.5 Å². The van der Waals surface area contributed by atoms with Gasteiger partial charge < -0.3 is 19.2 Å². The zero-order chi connectivity index (χ0) is 21.1. The molecule has 3 heterocycles. The summed E-state index contributed by atoms with van der Waals surface area (Å²) in [5, 5.41) is 3.03. The van der Waals surface area contributed by atoms with Crippen LogP contribution in [0, 0.1) is 19.8 Å². The van der Waals surface area contributed by atoms with E-state index in [-0.39, 0.29) is 17.7 Å². The van der Waals surface area contributed by atoms with E-state index in [0.717, 1.165) is 24.1 Å². The van der Waals surface area contributed by atoms with Gasteiger partial charge in [-0.3, -0.25) is 9.59 Å². The Balaban J connectivity index is 1.33. The number of rotatable bonds is 5. The molecule has 1 aliphatic heterocycles. The number of aromatic nitrogens is 1. The first kappa shape index (κ1) is 20.0. The SMILES string of the molecule is Cc1ccc(C)n1-c1ccc(CNC(=O)C2CCCN(C(=O)c3ccco3)C2)cc1. The molecule has 0 bridgehead atoms. The molecule has 1 saturated heterocycles. The van der Waals surface area contributed by atoms with E-state index in [1.54, 1.807) is 17.0 Å². The van der Waals surface area contributed by atoms with Gasteiger partial charge in [-0.2, -0.15) is 0 Å². The van der Waals surface area contributed by atoms with Crippen LogP contribution in [0.2, 0.25) is 0 Å². The molecule has 4 rings (SSSR count). The molecule has 0 spiro atoms. The van der Waals surface area contributed by atoms with Gasteiger partial charge in [0.25, 0.3) is 5.91 Å². The molecule has 1 unspecified atom stereocenters. The zero-order valence-electron chi connectivity index (χ0n) is 17.4. The molecule has 30 heavy (non-hydrogen) atoms. The molecule has 3 aromatic rings. The van der Waals surface area contributed by atoms with Gasteiger partial charge in [-0.05, 0) is 68.7 Å². The lowest BCUT2D eigenvalue weighted by Gasteiger charge is -2.31. The van der Waals surface area contributed by atoms with E-state index >= 15 is 0 Å². The lowest BCUT2D eigenvalue weighted by molar-refractivity contribution is -0.126. The van der Waals surface area contributed by atoms with Crippen molar-refractivity contribution in [2.75, 3.05) is 13.1 Å². The minimum Gasteiger partial charge on any atom is -0.459 e. The highest BCUT2D eigenvalue weighted by Crippen LogP contribution is 2.20. The van der Waals surface area contributed by atoms with Crippen LogP contribution in [-0.4, -0.2) is 34.4 Å². The molecule has 2 amide bonds. The number of furan rings is 1. The fraction of sp³-hybridized carbons (Fsp3) is 0.333. The third-order valence-electron chi connectivity index (χ3n) is 5.74. The van der Waals surface area contributed by atoms with E-state index in [9.17, 15) is 9.59 Å². The van der Waals surface area contributed by atoms with Crippen molar-refractivity contribution in [3.63, 3.8) is 0 Å². The van der Waals surface area contributed by atoms with Gasteiger partial charge >= 0.3 is 0 Å². The molecular weight excluding hydrogens is 378 g/mol. The Morgan fingerprint density at radius 3 is 2.47 bits per heavy atom. The molecule has 1 N–H and O–H groups in total. The summed E-state index contributed by atoms with van der Waals surface area (Å²) in [6.45, 7) is 5.74. The van der Waals surface area contributed by atoms with Gasteiger partial charge in [0, 0.05) is 36.7 Å².